The number of thiazole rings is 1. The standard InChI is InChI=1S/C18H20ClN5O3S/c1-22-10-11(16(21-22)27-3)17(25)23-6-8-24(9-7-23)18-20-14-13(26-2)5-4-12(19)15(14)28-18/h4-5,10H,6-9H2,1-3H3. The predicted octanol–water partition coefficient (Wildman–Crippen LogP) is 2.66. The number of carbonyl (C=O) groups excluding carboxylic acids is 1. The van der Waals surface area contributed by atoms with Crippen LogP contribution in [-0.4, -0.2) is 66.0 Å². The summed E-state index contributed by atoms with van der Waals surface area (Å²) in [5.74, 6) is 0.987. The van der Waals surface area contributed by atoms with Crippen LogP contribution in [0, 0.1) is 0 Å². The second-order valence-corrected chi connectivity index (χ2v) is 7.81. The molecule has 0 bridgehead atoms. The Morgan fingerprint density at radius 2 is 1.93 bits per heavy atom. The molecule has 0 aliphatic carbocycles. The molecule has 0 radical (unpaired) electrons. The van der Waals surface area contributed by atoms with E-state index in [2.05, 4.69) is 10.00 Å². The van der Waals surface area contributed by atoms with E-state index < -0.39 is 0 Å². The van der Waals surface area contributed by atoms with E-state index in [9.17, 15) is 4.79 Å². The van der Waals surface area contributed by atoms with Crippen molar-refractivity contribution in [1.82, 2.24) is 19.7 Å². The largest absolute Gasteiger partial charge is 0.494 e. The Hall–Kier alpha value is -2.52. The smallest absolute Gasteiger partial charge is 0.261 e. The number of hydrogen-bond donors (Lipinski definition) is 0. The number of rotatable bonds is 4. The quantitative estimate of drug-likeness (QED) is 0.644. The van der Waals surface area contributed by atoms with Crippen LogP contribution in [0.5, 0.6) is 11.6 Å². The summed E-state index contributed by atoms with van der Waals surface area (Å²) in [6.07, 6.45) is 1.69. The van der Waals surface area contributed by atoms with E-state index in [1.54, 1.807) is 36.4 Å². The van der Waals surface area contributed by atoms with Gasteiger partial charge in [0.15, 0.2) is 5.13 Å². The second-order valence-electron chi connectivity index (χ2n) is 6.43. The Kier molecular flexibility index (Phi) is 5.03. The molecule has 4 rings (SSSR count). The number of aryl methyl sites for hydroxylation is 1. The monoisotopic (exact) mass is 421 g/mol. The fourth-order valence-electron chi connectivity index (χ4n) is 3.28. The van der Waals surface area contributed by atoms with Crippen molar-refractivity contribution in [2.45, 2.75) is 0 Å². The average molecular weight is 422 g/mol. The first-order valence-corrected chi connectivity index (χ1v) is 9.96. The van der Waals surface area contributed by atoms with Gasteiger partial charge in [-0.3, -0.25) is 9.48 Å². The number of methoxy groups -OCH3 is 2. The van der Waals surface area contributed by atoms with Crippen molar-refractivity contribution in [2.24, 2.45) is 7.05 Å². The highest BCUT2D eigenvalue weighted by atomic mass is 35.5. The van der Waals surface area contributed by atoms with Crippen molar-refractivity contribution < 1.29 is 14.3 Å². The SMILES string of the molecule is COc1nn(C)cc1C(=O)N1CCN(c2nc3c(OC)ccc(Cl)c3s2)CC1. The molecule has 1 saturated heterocycles. The fourth-order valence-corrected chi connectivity index (χ4v) is 4.59. The number of carbonyl (C=O) groups is 1. The van der Waals surface area contributed by atoms with Gasteiger partial charge in [-0.15, -0.1) is 5.10 Å². The number of halogens is 1. The lowest BCUT2D eigenvalue weighted by Crippen LogP contribution is -2.48. The lowest BCUT2D eigenvalue weighted by atomic mass is 10.2. The molecule has 0 spiro atoms. The molecule has 3 aromatic rings. The molecule has 1 aliphatic rings. The summed E-state index contributed by atoms with van der Waals surface area (Å²) in [7, 11) is 4.91. The van der Waals surface area contributed by atoms with Crippen LogP contribution < -0.4 is 14.4 Å². The van der Waals surface area contributed by atoms with Crippen LogP contribution in [0.2, 0.25) is 5.02 Å². The average Bonchev–Trinajstić information content (AvgIpc) is 3.32. The maximum absolute atomic E-state index is 12.8. The van der Waals surface area contributed by atoms with Crippen LogP contribution in [0.3, 0.4) is 0 Å². The second kappa shape index (κ2) is 7.48. The van der Waals surface area contributed by atoms with E-state index in [0.717, 1.165) is 15.3 Å². The molecular formula is C18H20ClN5O3S. The summed E-state index contributed by atoms with van der Waals surface area (Å²) in [6.45, 7) is 2.57. The highest BCUT2D eigenvalue weighted by Crippen LogP contribution is 2.38. The molecule has 2 aromatic heterocycles. The Bertz CT molecular complexity index is 1030. The van der Waals surface area contributed by atoms with Gasteiger partial charge >= 0.3 is 0 Å². The summed E-state index contributed by atoms with van der Waals surface area (Å²) < 4.78 is 13.1. The molecule has 28 heavy (non-hydrogen) atoms. The summed E-state index contributed by atoms with van der Waals surface area (Å²) in [5.41, 5.74) is 1.25. The number of hydrogen-bond acceptors (Lipinski definition) is 7. The highest BCUT2D eigenvalue weighted by Gasteiger charge is 2.27. The Labute approximate surface area is 171 Å². The van der Waals surface area contributed by atoms with Gasteiger partial charge in [0.05, 0.1) is 23.9 Å². The Morgan fingerprint density at radius 1 is 1.18 bits per heavy atom. The van der Waals surface area contributed by atoms with Crippen molar-refractivity contribution in [3.63, 3.8) is 0 Å². The van der Waals surface area contributed by atoms with Crippen LogP contribution in [-0.2, 0) is 7.05 Å². The molecule has 10 heteroatoms. The van der Waals surface area contributed by atoms with Gasteiger partial charge in [0.2, 0.25) is 5.88 Å². The zero-order valence-corrected chi connectivity index (χ0v) is 17.4. The molecule has 8 nitrogen and oxygen atoms in total. The lowest BCUT2D eigenvalue weighted by Gasteiger charge is -2.34. The number of anilines is 1. The van der Waals surface area contributed by atoms with E-state index in [4.69, 9.17) is 26.1 Å². The Morgan fingerprint density at radius 3 is 2.61 bits per heavy atom. The van der Waals surface area contributed by atoms with Gasteiger partial charge < -0.3 is 19.3 Å². The summed E-state index contributed by atoms with van der Waals surface area (Å²) in [4.78, 5) is 21.5. The molecule has 0 atom stereocenters. The molecule has 1 aromatic carbocycles. The predicted molar refractivity (Wildman–Crippen MR) is 109 cm³/mol. The third kappa shape index (κ3) is 3.24. The number of ether oxygens (including phenoxy) is 2. The maximum Gasteiger partial charge on any atom is 0.261 e. The minimum atomic E-state index is -0.0707. The van der Waals surface area contributed by atoms with Crippen LogP contribution in [0.25, 0.3) is 10.2 Å². The van der Waals surface area contributed by atoms with Gasteiger partial charge in [0.1, 0.15) is 16.8 Å². The minimum absolute atomic E-state index is 0.0707. The first-order valence-electron chi connectivity index (χ1n) is 8.76. The molecule has 1 amide bonds. The number of nitrogens with zero attached hydrogens (tertiary/aromatic N) is 5. The van der Waals surface area contributed by atoms with Gasteiger partial charge in [-0.25, -0.2) is 4.98 Å². The fraction of sp³-hybridized carbons (Fsp3) is 0.389. The van der Waals surface area contributed by atoms with Crippen molar-refractivity contribution in [3.05, 3.63) is 28.9 Å². The number of piperazine rings is 1. The third-order valence-electron chi connectivity index (χ3n) is 4.72. The van der Waals surface area contributed by atoms with Crippen molar-refractivity contribution >= 4 is 44.2 Å². The van der Waals surface area contributed by atoms with Gasteiger partial charge in [0.25, 0.3) is 5.91 Å². The van der Waals surface area contributed by atoms with Crippen molar-refractivity contribution in [3.8, 4) is 11.6 Å². The lowest BCUT2D eigenvalue weighted by molar-refractivity contribution is 0.0743. The summed E-state index contributed by atoms with van der Waals surface area (Å²) >= 11 is 7.87. The van der Waals surface area contributed by atoms with Crippen molar-refractivity contribution in [2.75, 3.05) is 45.3 Å². The molecule has 3 heterocycles. The number of benzene rings is 1. The van der Waals surface area contributed by atoms with Crippen LogP contribution in [0.1, 0.15) is 10.4 Å². The molecule has 148 valence electrons. The first kappa shape index (κ1) is 18.8. The summed E-state index contributed by atoms with van der Waals surface area (Å²) in [5, 5.41) is 5.71. The van der Waals surface area contributed by atoms with E-state index in [-0.39, 0.29) is 5.91 Å². The van der Waals surface area contributed by atoms with E-state index >= 15 is 0 Å². The molecular weight excluding hydrogens is 402 g/mol. The van der Waals surface area contributed by atoms with Gasteiger partial charge in [-0.1, -0.05) is 22.9 Å². The highest BCUT2D eigenvalue weighted by molar-refractivity contribution is 7.22. The number of amides is 1. The first-order chi connectivity index (χ1) is 13.5. The van der Waals surface area contributed by atoms with Gasteiger partial charge in [-0.2, -0.15) is 0 Å². The zero-order chi connectivity index (χ0) is 19.8. The van der Waals surface area contributed by atoms with Crippen LogP contribution >= 0.6 is 22.9 Å². The van der Waals surface area contributed by atoms with E-state index in [0.29, 0.717) is 48.4 Å². The molecule has 1 fully saturated rings. The molecule has 0 unspecified atom stereocenters. The number of fused-ring (bicyclic) bond motifs is 1. The minimum Gasteiger partial charge on any atom is -0.494 e. The van der Waals surface area contributed by atoms with Gasteiger partial charge in [-0.05, 0) is 12.1 Å². The summed E-state index contributed by atoms with van der Waals surface area (Å²) in [6, 6.07) is 3.65. The Balaban J connectivity index is 1.50. The van der Waals surface area contributed by atoms with Crippen molar-refractivity contribution in [1.29, 1.82) is 0 Å². The van der Waals surface area contributed by atoms with E-state index in [1.165, 1.54) is 7.11 Å². The topological polar surface area (TPSA) is 72.7 Å². The molecule has 0 N–H and O–H groups in total. The third-order valence-corrected chi connectivity index (χ3v) is 6.30. The van der Waals surface area contributed by atoms with E-state index in [1.807, 2.05) is 17.0 Å². The maximum atomic E-state index is 12.8. The normalized spacial score (nSPS) is 14.6. The molecule has 1 aliphatic heterocycles. The van der Waals surface area contributed by atoms with Crippen LogP contribution in [0.4, 0.5) is 5.13 Å². The van der Waals surface area contributed by atoms with Gasteiger partial charge in [0, 0.05) is 39.4 Å². The molecule has 0 saturated carbocycles. The van der Waals surface area contributed by atoms with Crippen LogP contribution in [0.15, 0.2) is 18.3 Å². The zero-order valence-electron chi connectivity index (χ0n) is 15.8. The number of aromatic nitrogens is 3.